The molecule has 1 fully saturated rings. The molecule has 98 valence electrons. The van der Waals surface area contributed by atoms with Gasteiger partial charge in [0.05, 0.1) is 5.92 Å². The van der Waals surface area contributed by atoms with Gasteiger partial charge in [0.15, 0.2) is 0 Å². The summed E-state index contributed by atoms with van der Waals surface area (Å²) in [5, 5.41) is 9.20. The van der Waals surface area contributed by atoms with Gasteiger partial charge in [0.2, 0.25) is 0 Å². The number of aliphatic carboxylic acids is 1. The molecule has 0 amide bonds. The smallest absolute Gasteiger partial charge is 0.308 e. The molecule has 0 radical (unpaired) electrons. The molecule has 2 atom stereocenters. The van der Waals surface area contributed by atoms with E-state index >= 15 is 0 Å². The molecule has 0 aliphatic carbocycles. The van der Waals surface area contributed by atoms with Crippen LogP contribution in [-0.4, -0.2) is 23.7 Å². The first kappa shape index (κ1) is 12.9. The molecule has 0 bridgehead atoms. The van der Waals surface area contributed by atoms with Crippen molar-refractivity contribution >= 4 is 11.7 Å². The zero-order chi connectivity index (χ0) is 13.4. The van der Waals surface area contributed by atoms with E-state index in [0.29, 0.717) is 0 Å². The fraction of sp³-hybridized carbons (Fsp3) is 0.533. The normalized spacial score (nSPS) is 23.4. The van der Waals surface area contributed by atoms with E-state index in [1.54, 1.807) is 0 Å². The van der Waals surface area contributed by atoms with Gasteiger partial charge in [0.25, 0.3) is 0 Å². The van der Waals surface area contributed by atoms with Gasteiger partial charge < -0.3 is 10.0 Å². The Kier molecular flexibility index (Phi) is 3.33. The molecule has 1 saturated heterocycles. The number of benzene rings is 1. The number of hydrogen-bond donors (Lipinski definition) is 1. The van der Waals surface area contributed by atoms with E-state index in [0.717, 1.165) is 13.0 Å². The minimum Gasteiger partial charge on any atom is -0.481 e. The highest BCUT2D eigenvalue weighted by molar-refractivity contribution is 5.74. The van der Waals surface area contributed by atoms with Gasteiger partial charge in [-0.2, -0.15) is 0 Å². The number of carboxylic acid groups (broad SMARTS) is 1. The quantitative estimate of drug-likeness (QED) is 0.873. The fourth-order valence-corrected chi connectivity index (χ4v) is 3.21. The van der Waals surface area contributed by atoms with E-state index in [1.807, 2.05) is 6.92 Å². The van der Waals surface area contributed by atoms with Crippen LogP contribution < -0.4 is 4.90 Å². The number of nitrogens with zero attached hydrogens (tertiary/aromatic N) is 1. The molecule has 1 N–H and O–H groups in total. The Morgan fingerprint density at radius 2 is 1.83 bits per heavy atom. The third-order valence-corrected chi connectivity index (χ3v) is 3.99. The fourth-order valence-electron chi connectivity index (χ4n) is 3.21. The molecule has 2 unspecified atom stereocenters. The molecule has 3 nitrogen and oxygen atoms in total. The Morgan fingerprint density at radius 3 is 2.28 bits per heavy atom. The lowest BCUT2D eigenvalue weighted by molar-refractivity contribution is -0.141. The lowest BCUT2D eigenvalue weighted by Gasteiger charge is -2.29. The molecule has 1 heterocycles. The molecular weight excluding hydrogens is 226 g/mol. The van der Waals surface area contributed by atoms with Crippen molar-refractivity contribution in [1.29, 1.82) is 0 Å². The lowest BCUT2D eigenvalue weighted by atomic mass is 10.0. The summed E-state index contributed by atoms with van der Waals surface area (Å²) in [5.41, 5.74) is 4.96. The second-order valence-electron chi connectivity index (χ2n) is 5.41. The number of anilines is 1. The molecule has 0 saturated carbocycles. The van der Waals surface area contributed by atoms with Crippen molar-refractivity contribution in [2.75, 3.05) is 11.4 Å². The molecule has 18 heavy (non-hydrogen) atoms. The van der Waals surface area contributed by atoms with Gasteiger partial charge in [0.1, 0.15) is 0 Å². The number of carboxylic acids is 1. The Hall–Kier alpha value is -1.51. The Labute approximate surface area is 108 Å². The standard InChI is InChI=1S/C15H21NO2/c1-9-7-10(2)14(11(3)8-9)16-6-5-13(12(16)4)15(17)18/h7-8,12-13H,5-6H2,1-4H3,(H,17,18). The topological polar surface area (TPSA) is 40.5 Å². The molecular formula is C15H21NO2. The van der Waals surface area contributed by atoms with Crippen molar-refractivity contribution in [2.24, 2.45) is 5.92 Å². The summed E-state index contributed by atoms with van der Waals surface area (Å²) in [6.07, 6.45) is 0.739. The van der Waals surface area contributed by atoms with Gasteiger partial charge in [-0.15, -0.1) is 0 Å². The first-order chi connectivity index (χ1) is 8.41. The van der Waals surface area contributed by atoms with Crippen molar-refractivity contribution in [3.8, 4) is 0 Å². The van der Waals surface area contributed by atoms with Crippen molar-refractivity contribution in [2.45, 2.75) is 40.2 Å². The van der Waals surface area contributed by atoms with Crippen molar-refractivity contribution in [3.63, 3.8) is 0 Å². The summed E-state index contributed by atoms with van der Waals surface area (Å²) in [5.74, 6) is -0.919. The van der Waals surface area contributed by atoms with E-state index in [-0.39, 0.29) is 12.0 Å². The van der Waals surface area contributed by atoms with Crippen LogP contribution in [0.25, 0.3) is 0 Å². The predicted molar refractivity (Wildman–Crippen MR) is 73.2 cm³/mol. The van der Waals surface area contributed by atoms with E-state index < -0.39 is 5.97 Å². The second kappa shape index (κ2) is 4.63. The van der Waals surface area contributed by atoms with Crippen LogP contribution in [0.3, 0.4) is 0 Å². The maximum atomic E-state index is 11.2. The van der Waals surface area contributed by atoms with Crippen LogP contribution in [0.1, 0.15) is 30.0 Å². The number of aryl methyl sites for hydroxylation is 3. The minimum atomic E-state index is -0.674. The summed E-state index contributed by atoms with van der Waals surface area (Å²) >= 11 is 0. The Balaban J connectivity index is 2.37. The minimum absolute atomic E-state index is 0.0719. The average Bonchev–Trinajstić information content (AvgIpc) is 2.59. The molecule has 1 aromatic carbocycles. The largest absolute Gasteiger partial charge is 0.481 e. The highest BCUT2D eigenvalue weighted by Crippen LogP contribution is 2.34. The molecule has 0 aromatic heterocycles. The first-order valence-corrected chi connectivity index (χ1v) is 6.49. The van der Waals surface area contributed by atoms with Crippen LogP contribution in [0.2, 0.25) is 0 Å². The molecule has 1 aliphatic heterocycles. The van der Waals surface area contributed by atoms with Crippen LogP contribution >= 0.6 is 0 Å². The monoisotopic (exact) mass is 247 g/mol. The third kappa shape index (κ3) is 2.09. The van der Waals surface area contributed by atoms with Crippen molar-refractivity contribution < 1.29 is 9.90 Å². The first-order valence-electron chi connectivity index (χ1n) is 6.49. The Bertz CT molecular complexity index is 458. The van der Waals surface area contributed by atoms with Gasteiger partial charge in [-0.3, -0.25) is 4.79 Å². The second-order valence-corrected chi connectivity index (χ2v) is 5.41. The van der Waals surface area contributed by atoms with Gasteiger partial charge in [-0.05, 0) is 45.2 Å². The summed E-state index contributed by atoms with van der Waals surface area (Å²) in [7, 11) is 0. The summed E-state index contributed by atoms with van der Waals surface area (Å²) < 4.78 is 0. The van der Waals surface area contributed by atoms with E-state index in [4.69, 9.17) is 0 Å². The van der Waals surface area contributed by atoms with Gasteiger partial charge in [-0.25, -0.2) is 0 Å². The Morgan fingerprint density at radius 1 is 1.28 bits per heavy atom. The van der Waals surface area contributed by atoms with Crippen LogP contribution in [-0.2, 0) is 4.79 Å². The maximum absolute atomic E-state index is 11.2. The number of carbonyl (C=O) groups is 1. The zero-order valence-corrected chi connectivity index (χ0v) is 11.5. The summed E-state index contributed by atoms with van der Waals surface area (Å²) in [4.78, 5) is 13.4. The predicted octanol–water partition coefficient (Wildman–Crippen LogP) is 2.91. The lowest BCUT2D eigenvalue weighted by Crippen LogP contribution is -2.33. The van der Waals surface area contributed by atoms with E-state index in [9.17, 15) is 9.90 Å². The highest BCUT2D eigenvalue weighted by Gasteiger charge is 2.36. The SMILES string of the molecule is Cc1cc(C)c(N2CCC(C(=O)O)C2C)c(C)c1. The van der Waals surface area contributed by atoms with Crippen LogP contribution in [0.15, 0.2) is 12.1 Å². The van der Waals surface area contributed by atoms with Crippen LogP contribution in [0, 0.1) is 26.7 Å². The molecule has 3 heteroatoms. The summed E-state index contributed by atoms with van der Waals surface area (Å²) in [6.45, 7) is 9.16. The van der Waals surface area contributed by atoms with Crippen molar-refractivity contribution in [3.05, 3.63) is 28.8 Å². The van der Waals surface area contributed by atoms with Crippen LogP contribution in [0.5, 0.6) is 0 Å². The number of hydrogen-bond acceptors (Lipinski definition) is 2. The zero-order valence-electron chi connectivity index (χ0n) is 11.5. The highest BCUT2D eigenvalue weighted by atomic mass is 16.4. The molecule has 2 rings (SSSR count). The number of rotatable bonds is 2. The van der Waals surface area contributed by atoms with Gasteiger partial charge in [0, 0.05) is 18.3 Å². The van der Waals surface area contributed by atoms with E-state index in [1.165, 1.54) is 22.4 Å². The van der Waals surface area contributed by atoms with Crippen molar-refractivity contribution in [1.82, 2.24) is 0 Å². The van der Waals surface area contributed by atoms with Gasteiger partial charge in [-0.1, -0.05) is 17.7 Å². The third-order valence-electron chi connectivity index (χ3n) is 3.99. The molecule has 1 aliphatic rings. The molecule has 0 spiro atoms. The molecule has 1 aromatic rings. The van der Waals surface area contributed by atoms with E-state index in [2.05, 4.69) is 37.8 Å². The van der Waals surface area contributed by atoms with Gasteiger partial charge >= 0.3 is 5.97 Å². The summed E-state index contributed by atoms with van der Waals surface area (Å²) in [6, 6.07) is 4.41. The maximum Gasteiger partial charge on any atom is 0.308 e. The average molecular weight is 247 g/mol. The van der Waals surface area contributed by atoms with Crippen LogP contribution in [0.4, 0.5) is 5.69 Å².